The molecule has 2 aromatic heterocycles. The molecule has 0 amide bonds. The molecule has 102 valence electrons. The highest BCUT2D eigenvalue weighted by atomic mass is 32.2. The summed E-state index contributed by atoms with van der Waals surface area (Å²) in [5, 5.41) is 12.9. The Morgan fingerprint density at radius 2 is 2.37 bits per heavy atom. The van der Waals surface area contributed by atoms with Crippen LogP contribution in [0.15, 0.2) is 16.7 Å². The number of aryl methyl sites for hydroxylation is 3. The minimum atomic E-state index is -0.807. The van der Waals surface area contributed by atoms with E-state index in [1.807, 2.05) is 26.4 Å². The standard InChI is InChI=1S/C12H15N3O2S2/c1-8-10(5-11(16)17)19-12(14-8)18-4-3-9-6-13-15(2)7-9/h6-7H,3-5H2,1-2H3,(H,16,17). The number of nitrogens with zero attached hydrogens (tertiary/aromatic N) is 3. The molecule has 1 N–H and O–H groups in total. The van der Waals surface area contributed by atoms with Gasteiger partial charge in [0.05, 0.1) is 18.3 Å². The summed E-state index contributed by atoms with van der Waals surface area (Å²) < 4.78 is 2.73. The van der Waals surface area contributed by atoms with Crippen LogP contribution in [-0.4, -0.2) is 31.6 Å². The van der Waals surface area contributed by atoms with E-state index in [1.54, 1.807) is 16.4 Å². The second kappa shape index (κ2) is 6.21. The number of aliphatic carboxylic acids is 1. The number of aromatic nitrogens is 3. The Hall–Kier alpha value is -1.34. The molecule has 0 saturated heterocycles. The highest BCUT2D eigenvalue weighted by Gasteiger charge is 2.11. The van der Waals surface area contributed by atoms with Gasteiger partial charge < -0.3 is 5.11 Å². The fourth-order valence-corrected chi connectivity index (χ4v) is 3.91. The smallest absolute Gasteiger partial charge is 0.308 e. The Balaban J connectivity index is 1.87. The van der Waals surface area contributed by atoms with Crippen LogP contribution in [0.5, 0.6) is 0 Å². The number of hydrogen-bond donors (Lipinski definition) is 1. The maximum atomic E-state index is 10.7. The zero-order valence-electron chi connectivity index (χ0n) is 10.8. The Morgan fingerprint density at radius 3 is 3.00 bits per heavy atom. The fourth-order valence-electron chi connectivity index (χ4n) is 1.62. The monoisotopic (exact) mass is 297 g/mol. The van der Waals surface area contributed by atoms with Gasteiger partial charge in [0.25, 0.3) is 0 Å². The summed E-state index contributed by atoms with van der Waals surface area (Å²) in [5.74, 6) is 0.115. The molecule has 0 radical (unpaired) electrons. The molecule has 5 nitrogen and oxygen atoms in total. The second-order valence-corrected chi connectivity index (χ2v) is 6.61. The van der Waals surface area contributed by atoms with Crippen LogP contribution in [-0.2, 0) is 24.7 Å². The van der Waals surface area contributed by atoms with Crippen LogP contribution in [0.1, 0.15) is 16.1 Å². The minimum absolute atomic E-state index is 0.0622. The van der Waals surface area contributed by atoms with E-state index < -0.39 is 5.97 Å². The largest absolute Gasteiger partial charge is 0.481 e. The molecule has 2 aromatic rings. The molecular formula is C12H15N3O2S2. The van der Waals surface area contributed by atoms with E-state index in [4.69, 9.17) is 5.11 Å². The molecule has 0 aliphatic heterocycles. The van der Waals surface area contributed by atoms with Crippen LogP contribution in [0.25, 0.3) is 0 Å². The predicted molar refractivity (Wildman–Crippen MR) is 75.8 cm³/mol. The summed E-state index contributed by atoms with van der Waals surface area (Å²) in [6.07, 6.45) is 4.87. The third-order valence-electron chi connectivity index (χ3n) is 2.56. The molecule has 0 atom stereocenters. The SMILES string of the molecule is Cc1nc(SCCc2cnn(C)c2)sc1CC(=O)O. The van der Waals surface area contributed by atoms with E-state index in [2.05, 4.69) is 10.1 Å². The number of carboxylic acid groups (broad SMARTS) is 1. The van der Waals surface area contributed by atoms with Gasteiger partial charge in [-0.25, -0.2) is 4.98 Å². The lowest BCUT2D eigenvalue weighted by molar-refractivity contribution is -0.136. The van der Waals surface area contributed by atoms with E-state index in [0.717, 1.165) is 27.1 Å². The topological polar surface area (TPSA) is 68.0 Å². The zero-order chi connectivity index (χ0) is 13.8. The molecule has 0 aromatic carbocycles. The van der Waals surface area contributed by atoms with Gasteiger partial charge >= 0.3 is 5.97 Å². The first-order valence-corrected chi connectivity index (χ1v) is 7.63. The highest BCUT2D eigenvalue weighted by Crippen LogP contribution is 2.28. The van der Waals surface area contributed by atoms with Crippen molar-refractivity contribution >= 4 is 29.1 Å². The van der Waals surface area contributed by atoms with Crippen LogP contribution >= 0.6 is 23.1 Å². The molecule has 0 spiro atoms. The van der Waals surface area contributed by atoms with E-state index in [1.165, 1.54) is 16.9 Å². The van der Waals surface area contributed by atoms with Gasteiger partial charge in [-0.15, -0.1) is 11.3 Å². The Labute approximate surface area is 119 Å². The molecule has 2 rings (SSSR count). The van der Waals surface area contributed by atoms with Crippen molar-refractivity contribution in [1.82, 2.24) is 14.8 Å². The van der Waals surface area contributed by atoms with Gasteiger partial charge in [0.1, 0.15) is 4.34 Å². The van der Waals surface area contributed by atoms with Gasteiger partial charge in [-0.2, -0.15) is 5.10 Å². The molecular weight excluding hydrogens is 282 g/mol. The molecule has 0 fully saturated rings. The lowest BCUT2D eigenvalue weighted by atomic mass is 10.3. The maximum absolute atomic E-state index is 10.7. The Morgan fingerprint density at radius 1 is 1.58 bits per heavy atom. The fraction of sp³-hybridized carbons (Fsp3) is 0.417. The van der Waals surface area contributed by atoms with Gasteiger partial charge in [-0.1, -0.05) is 11.8 Å². The van der Waals surface area contributed by atoms with E-state index in [-0.39, 0.29) is 6.42 Å². The predicted octanol–water partition coefficient (Wildman–Crippen LogP) is 2.15. The maximum Gasteiger partial charge on any atom is 0.308 e. The quantitative estimate of drug-likeness (QED) is 0.827. The van der Waals surface area contributed by atoms with E-state index in [0.29, 0.717) is 0 Å². The molecule has 0 unspecified atom stereocenters. The minimum Gasteiger partial charge on any atom is -0.481 e. The van der Waals surface area contributed by atoms with Crippen molar-refractivity contribution in [3.05, 3.63) is 28.5 Å². The van der Waals surface area contributed by atoms with Crippen LogP contribution in [0.4, 0.5) is 0 Å². The van der Waals surface area contributed by atoms with Crippen LogP contribution in [0, 0.1) is 6.92 Å². The van der Waals surface area contributed by atoms with Crippen molar-refractivity contribution in [2.75, 3.05) is 5.75 Å². The normalized spacial score (nSPS) is 10.8. The van der Waals surface area contributed by atoms with Gasteiger partial charge in [0.15, 0.2) is 0 Å². The summed E-state index contributed by atoms with van der Waals surface area (Å²) in [4.78, 5) is 15.9. The Bertz CT molecular complexity index is 577. The Kier molecular flexibility index (Phi) is 4.60. The lowest BCUT2D eigenvalue weighted by Gasteiger charge is -1.95. The molecule has 19 heavy (non-hydrogen) atoms. The number of thiazole rings is 1. The summed E-state index contributed by atoms with van der Waals surface area (Å²) >= 11 is 3.14. The van der Waals surface area contributed by atoms with Gasteiger partial charge in [-0.3, -0.25) is 9.48 Å². The molecule has 7 heteroatoms. The highest BCUT2D eigenvalue weighted by molar-refractivity contribution is 8.01. The number of rotatable bonds is 6. The van der Waals surface area contributed by atoms with Crippen molar-refractivity contribution in [3.63, 3.8) is 0 Å². The van der Waals surface area contributed by atoms with Crippen molar-refractivity contribution in [3.8, 4) is 0 Å². The summed E-state index contributed by atoms with van der Waals surface area (Å²) in [5.41, 5.74) is 2.03. The number of carboxylic acids is 1. The first-order chi connectivity index (χ1) is 9.04. The molecule has 2 heterocycles. The second-order valence-electron chi connectivity index (χ2n) is 4.18. The first-order valence-electron chi connectivity index (χ1n) is 5.83. The number of carbonyl (C=O) groups is 1. The first kappa shape index (κ1) is 14.1. The molecule has 0 aliphatic carbocycles. The summed E-state index contributed by atoms with van der Waals surface area (Å²) in [7, 11) is 1.90. The van der Waals surface area contributed by atoms with Crippen LogP contribution in [0.3, 0.4) is 0 Å². The third-order valence-corrected chi connectivity index (χ3v) is 4.86. The molecule has 0 bridgehead atoms. The van der Waals surface area contributed by atoms with Crippen molar-refractivity contribution in [2.45, 2.75) is 24.1 Å². The van der Waals surface area contributed by atoms with Gasteiger partial charge in [0.2, 0.25) is 0 Å². The molecule has 0 aliphatic rings. The third kappa shape index (κ3) is 4.07. The summed E-state index contributed by atoms with van der Waals surface area (Å²) in [6, 6.07) is 0. The number of hydrogen-bond acceptors (Lipinski definition) is 5. The van der Waals surface area contributed by atoms with Crippen molar-refractivity contribution < 1.29 is 9.90 Å². The van der Waals surface area contributed by atoms with Gasteiger partial charge in [-0.05, 0) is 18.9 Å². The average molecular weight is 297 g/mol. The lowest BCUT2D eigenvalue weighted by Crippen LogP contribution is -1.99. The van der Waals surface area contributed by atoms with Crippen molar-refractivity contribution in [2.24, 2.45) is 7.05 Å². The van der Waals surface area contributed by atoms with Gasteiger partial charge in [0, 0.05) is 23.9 Å². The average Bonchev–Trinajstić information content (AvgIpc) is 2.86. The zero-order valence-corrected chi connectivity index (χ0v) is 12.4. The van der Waals surface area contributed by atoms with Crippen molar-refractivity contribution in [1.29, 1.82) is 0 Å². The number of thioether (sulfide) groups is 1. The van der Waals surface area contributed by atoms with E-state index >= 15 is 0 Å². The van der Waals surface area contributed by atoms with E-state index in [9.17, 15) is 4.79 Å². The summed E-state index contributed by atoms with van der Waals surface area (Å²) in [6.45, 7) is 1.86. The van der Waals surface area contributed by atoms with Crippen LogP contribution in [0.2, 0.25) is 0 Å². The van der Waals surface area contributed by atoms with Crippen LogP contribution < -0.4 is 0 Å². The molecule has 0 saturated carbocycles.